The van der Waals surface area contributed by atoms with E-state index in [-0.39, 0.29) is 0 Å². The number of aryl methyl sites for hydroxylation is 1. The Bertz CT molecular complexity index is 472. The third-order valence-corrected chi connectivity index (χ3v) is 7.75. The summed E-state index contributed by atoms with van der Waals surface area (Å²) in [5.74, 6) is 9.04. The van der Waals surface area contributed by atoms with Crippen LogP contribution in [0.4, 0.5) is 0 Å². The lowest BCUT2D eigenvalue weighted by Crippen LogP contribution is -2.58. The van der Waals surface area contributed by atoms with Gasteiger partial charge in [-0.2, -0.15) is 0 Å². The Morgan fingerprint density at radius 3 is 2.19 bits per heavy atom. The lowest BCUT2D eigenvalue weighted by atomic mass is 9.47. The number of rotatable bonds is 5. The molecule has 21 heavy (non-hydrogen) atoms. The topological polar surface area (TPSA) is 38.0 Å². The molecule has 0 aromatic carbocycles. The summed E-state index contributed by atoms with van der Waals surface area (Å²) in [6, 6.07) is 5.11. The van der Waals surface area contributed by atoms with Crippen LogP contribution in [-0.2, 0) is 12.8 Å². The maximum Gasteiger partial charge on any atom is 0.0315 e. The monoisotopic (exact) mass is 304 g/mol. The molecule has 1 unspecified atom stereocenters. The van der Waals surface area contributed by atoms with Crippen LogP contribution < -0.4 is 11.3 Å². The normalized spacial score (nSPS) is 38.9. The average Bonchev–Trinajstić information content (AvgIpc) is 2.91. The van der Waals surface area contributed by atoms with E-state index in [2.05, 4.69) is 24.5 Å². The van der Waals surface area contributed by atoms with Crippen LogP contribution >= 0.6 is 11.3 Å². The van der Waals surface area contributed by atoms with Gasteiger partial charge in [-0.15, -0.1) is 11.3 Å². The molecule has 0 spiro atoms. The van der Waals surface area contributed by atoms with Crippen molar-refractivity contribution in [3.63, 3.8) is 0 Å². The predicted molar refractivity (Wildman–Crippen MR) is 89.1 cm³/mol. The van der Waals surface area contributed by atoms with Crippen molar-refractivity contribution in [1.82, 2.24) is 5.43 Å². The number of hydrogen-bond donors (Lipinski definition) is 2. The van der Waals surface area contributed by atoms with Crippen molar-refractivity contribution in [1.29, 1.82) is 0 Å². The van der Waals surface area contributed by atoms with Gasteiger partial charge in [-0.3, -0.25) is 11.3 Å². The summed E-state index contributed by atoms with van der Waals surface area (Å²) in [5.41, 5.74) is 3.74. The predicted octanol–water partition coefficient (Wildman–Crippen LogP) is 3.90. The molecule has 0 saturated heterocycles. The molecule has 0 aliphatic heterocycles. The first-order valence-corrected chi connectivity index (χ1v) is 9.56. The third kappa shape index (κ3) is 2.47. The second kappa shape index (κ2) is 5.36. The lowest BCUT2D eigenvalue weighted by molar-refractivity contribution is -0.0736. The van der Waals surface area contributed by atoms with E-state index >= 15 is 0 Å². The summed E-state index contributed by atoms with van der Waals surface area (Å²) < 4.78 is 0. The zero-order chi connectivity index (χ0) is 14.4. The molecule has 4 fully saturated rings. The van der Waals surface area contributed by atoms with Crippen LogP contribution in [0.15, 0.2) is 12.1 Å². The highest BCUT2D eigenvalue weighted by atomic mass is 32.1. The molecular weight excluding hydrogens is 276 g/mol. The Kier molecular flexibility index (Phi) is 3.63. The van der Waals surface area contributed by atoms with E-state index in [9.17, 15) is 0 Å². The van der Waals surface area contributed by atoms with Gasteiger partial charge in [-0.1, -0.05) is 6.92 Å². The molecule has 4 saturated carbocycles. The molecule has 1 atom stereocenters. The molecule has 4 aliphatic rings. The molecule has 0 amide bonds. The zero-order valence-corrected chi connectivity index (χ0v) is 13.9. The van der Waals surface area contributed by atoms with Crippen LogP contribution in [0.3, 0.4) is 0 Å². The summed E-state index contributed by atoms with van der Waals surface area (Å²) in [4.78, 5) is 3.02. The van der Waals surface area contributed by atoms with Gasteiger partial charge < -0.3 is 0 Å². The first-order chi connectivity index (χ1) is 10.2. The molecule has 1 aromatic rings. The fraction of sp³-hybridized carbons (Fsp3) is 0.778. The molecule has 4 aliphatic carbocycles. The summed E-state index contributed by atoms with van der Waals surface area (Å²) >= 11 is 1.99. The Morgan fingerprint density at radius 1 is 1.14 bits per heavy atom. The number of hydrogen-bond acceptors (Lipinski definition) is 3. The van der Waals surface area contributed by atoms with E-state index in [4.69, 9.17) is 5.84 Å². The summed E-state index contributed by atoms with van der Waals surface area (Å²) in [6.45, 7) is 2.24. The fourth-order valence-corrected chi connectivity index (χ4v) is 6.98. The highest BCUT2D eigenvalue weighted by Crippen LogP contribution is 2.61. The van der Waals surface area contributed by atoms with Crippen molar-refractivity contribution in [3.05, 3.63) is 21.9 Å². The number of thiophene rings is 1. The van der Waals surface area contributed by atoms with Crippen molar-refractivity contribution in [2.45, 2.75) is 64.3 Å². The first kappa shape index (κ1) is 14.2. The van der Waals surface area contributed by atoms with Crippen molar-refractivity contribution in [3.8, 4) is 0 Å². The molecule has 116 valence electrons. The second-order valence-corrected chi connectivity index (χ2v) is 9.18. The van der Waals surface area contributed by atoms with E-state index in [1.165, 1.54) is 48.3 Å². The van der Waals surface area contributed by atoms with E-state index in [1.807, 2.05) is 11.3 Å². The molecule has 2 nitrogen and oxygen atoms in total. The number of hydrazine groups is 1. The molecule has 4 bridgehead atoms. The van der Waals surface area contributed by atoms with E-state index in [0.717, 1.165) is 30.6 Å². The summed E-state index contributed by atoms with van der Waals surface area (Å²) in [7, 11) is 0. The fourth-order valence-electron chi connectivity index (χ4n) is 5.98. The number of nitrogens with one attached hydrogen (secondary N) is 1. The highest BCUT2D eigenvalue weighted by molar-refractivity contribution is 7.11. The van der Waals surface area contributed by atoms with Gasteiger partial charge in [0.25, 0.3) is 0 Å². The maximum atomic E-state index is 6.04. The summed E-state index contributed by atoms with van der Waals surface area (Å²) in [5, 5.41) is 0. The van der Waals surface area contributed by atoms with Crippen molar-refractivity contribution < 1.29 is 0 Å². The second-order valence-electron chi connectivity index (χ2n) is 7.92. The SMILES string of the molecule is CCc1ccc(CC(NN)C23CC4CC(CC(C4)C2)C3)s1. The Morgan fingerprint density at radius 2 is 1.71 bits per heavy atom. The van der Waals surface area contributed by atoms with Crippen molar-refractivity contribution >= 4 is 11.3 Å². The zero-order valence-electron chi connectivity index (χ0n) is 13.1. The third-order valence-electron chi connectivity index (χ3n) is 6.50. The molecule has 5 rings (SSSR count). The van der Waals surface area contributed by atoms with Crippen LogP contribution in [0, 0.1) is 23.2 Å². The van der Waals surface area contributed by atoms with Gasteiger partial charge in [-0.05, 0) is 86.7 Å². The average molecular weight is 305 g/mol. The largest absolute Gasteiger partial charge is 0.271 e. The molecule has 1 aromatic heterocycles. The van der Waals surface area contributed by atoms with Gasteiger partial charge in [-0.25, -0.2) is 0 Å². The number of nitrogens with two attached hydrogens (primary N) is 1. The first-order valence-electron chi connectivity index (χ1n) is 8.74. The van der Waals surface area contributed by atoms with Gasteiger partial charge >= 0.3 is 0 Å². The molecule has 0 radical (unpaired) electrons. The van der Waals surface area contributed by atoms with Crippen LogP contribution in [0.1, 0.15) is 55.2 Å². The van der Waals surface area contributed by atoms with Gasteiger partial charge in [0.2, 0.25) is 0 Å². The standard InChI is InChI=1S/C18H28N2S/c1-2-15-3-4-16(21-15)8-17(20-19)18-9-12-5-13(10-18)7-14(6-12)11-18/h3-4,12-14,17,20H,2,5-11,19H2,1H3. The van der Waals surface area contributed by atoms with Gasteiger partial charge in [0.15, 0.2) is 0 Å². The maximum absolute atomic E-state index is 6.04. The lowest BCUT2D eigenvalue weighted by Gasteiger charge is -2.59. The highest BCUT2D eigenvalue weighted by Gasteiger charge is 2.53. The van der Waals surface area contributed by atoms with Gasteiger partial charge in [0.05, 0.1) is 0 Å². The van der Waals surface area contributed by atoms with Crippen LogP contribution in [0.25, 0.3) is 0 Å². The Balaban J connectivity index is 1.55. The van der Waals surface area contributed by atoms with Crippen LogP contribution in [0.5, 0.6) is 0 Å². The van der Waals surface area contributed by atoms with Gasteiger partial charge in [0.1, 0.15) is 0 Å². The minimum atomic E-state index is 0.481. The molecular formula is C18H28N2S. The molecule has 3 heteroatoms. The Hall–Kier alpha value is -0.380. The van der Waals surface area contributed by atoms with Crippen LogP contribution in [-0.4, -0.2) is 6.04 Å². The smallest absolute Gasteiger partial charge is 0.0315 e. The van der Waals surface area contributed by atoms with Crippen LogP contribution in [0.2, 0.25) is 0 Å². The Labute approximate surface area is 132 Å². The van der Waals surface area contributed by atoms with E-state index in [0.29, 0.717) is 11.5 Å². The van der Waals surface area contributed by atoms with Crippen molar-refractivity contribution in [2.24, 2.45) is 29.0 Å². The quantitative estimate of drug-likeness (QED) is 0.639. The van der Waals surface area contributed by atoms with E-state index < -0.39 is 0 Å². The molecule has 3 N–H and O–H groups in total. The van der Waals surface area contributed by atoms with Gasteiger partial charge in [0, 0.05) is 15.8 Å². The van der Waals surface area contributed by atoms with E-state index in [1.54, 1.807) is 0 Å². The summed E-state index contributed by atoms with van der Waals surface area (Å²) in [6.07, 6.45) is 11.1. The molecule has 1 heterocycles. The minimum absolute atomic E-state index is 0.481. The van der Waals surface area contributed by atoms with Crippen molar-refractivity contribution in [2.75, 3.05) is 0 Å². The minimum Gasteiger partial charge on any atom is -0.271 e.